The number of hydrogen-bond acceptors (Lipinski definition) is 2. The molecule has 12 heavy (non-hydrogen) atoms. The molecule has 0 aromatic carbocycles. The maximum Gasteiger partial charge on any atom is 0.0297 e. The standard InChI is InChI=1S/C9H17BrN2/c1-3-9-6-11-4-5-12(9)7-8(2)10/h9,11H,2-7H2,1H3. The minimum Gasteiger partial charge on any atom is -0.314 e. The summed E-state index contributed by atoms with van der Waals surface area (Å²) in [5.74, 6) is 0. The van der Waals surface area contributed by atoms with Gasteiger partial charge in [0.1, 0.15) is 0 Å². The fourth-order valence-electron chi connectivity index (χ4n) is 1.63. The summed E-state index contributed by atoms with van der Waals surface area (Å²) in [5, 5.41) is 3.40. The Bertz CT molecular complexity index is 159. The molecule has 2 nitrogen and oxygen atoms in total. The Morgan fingerprint density at radius 2 is 2.50 bits per heavy atom. The van der Waals surface area contributed by atoms with E-state index in [2.05, 4.69) is 39.6 Å². The molecule has 1 saturated heterocycles. The Balaban J connectivity index is 2.41. The number of piperazine rings is 1. The molecule has 1 atom stereocenters. The van der Waals surface area contributed by atoms with Gasteiger partial charge in [0.2, 0.25) is 0 Å². The lowest BCUT2D eigenvalue weighted by atomic mass is 10.1. The molecule has 1 rings (SSSR count). The van der Waals surface area contributed by atoms with Crippen molar-refractivity contribution >= 4 is 15.9 Å². The third-order valence-corrected chi connectivity index (χ3v) is 2.57. The van der Waals surface area contributed by atoms with Gasteiger partial charge >= 0.3 is 0 Å². The molecule has 1 heterocycles. The number of hydrogen-bond donors (Lipinski definition) is 1. The number of nitrogens with zero attached hydrogens (tertiary/aromatic N) is 1. The van der Waals surface area contributed by atoms with E-state index >= 15 is 0 Å². The van der Waals surface area contributed by atoms with Crippen LogP contribution in [0.4, 0.5) is 0 Å². The SMILES string of the molecule is C=C(Br)CN1CCNCC1CC. The van der Waals surface area contributed by atoms with Crippen LogP contribution in [0.15, 0.2) is 11.1 Å². The van der Waals surface area contributed by atoms with Gasteiger partial charge in [0.25, 0.3) is 0 Å². The Morgan fingerprint density at radius 3 is 3.08 bits per heavy atom. The lowest BCUT2D eigenvalue weighted by Gasteiger charge is -2.35. The maximum absolute atomic E-state index is 3.87. The van der Waals surface area contributed by atoms with Crippen molar-refractivity contribution in [3.8, 4) is 0 Å². The first-order valence-corrected chi connectivity index (χ1v) is 5.31. The zero-order chi connectivity index (χ0) is 8.97. The highest BCUT2D eigenvalue weighted by Gasteiger charge is 2.19. The molecule has 1 aliphatic rings. The van der Waals surface area contributed by atoms with Crippen LogP contribution in [0.5, 0.6) is 0 Å². The van der Waals surface area contributed by atoms with Gasteiger partial charge in [0.15, 0.2) is 0 Å². The molecular formula is C9H17BrN2. The largest absolute Gasteiger partial charge is 0.314 e. The second-order valence-electron chi connectivity index (χ2n) is 3.25. The Kier molecular flexibility index (Phi) is 4.26. The van der Waals surface area contributed by atoms with Gasteiger partial charge in [-0.1, -0.05) is 29.4 Å². The van der Waals surface area contributed by atoms with Crippen LogP contribution in [-0.4, -0.2) is 37.1 Å². The molecule has 0 amide bonds. The summed E-state index contributed by atoms with van der Waals surface area (Å²) < 4.78 is 1.09. The lowest BCUT2D eigenvalue weighted by molar-refractivity contribution is 0.174. The number of nitrogens with one attached hydrogen (secondary N) is 1. The highest BCUT2D eigenvalue weighted by molar-refractivity contribution is 9.11. The Morgan fingerprint density at radius 1 is 1.75 bits per heavy atom. The first kappa shape index (κ1) is 10.2. The summed E-state index contributed by atoms with van der Waals surface area (Å²) in [5.41, 5.74) is 0. The van der Waals surface area contributed by atoms with E-state index in [9.17, 15) is 0 Å². The highest BCUT2D eigenvalue weighted by atomic mass is 79.9. The average molecular weight is 233 g/mol. The van der Waals surface area contributed by atoms with Gasteiger partial charge in [-0.25, -0.2) is 0 Å². The smallest absolute Gasteiger partial charge is 0.0297 e. The third kappa shape index (κ3) is 2.88. The quantitative estimate of drug-likeness (QED) is 0.796. The van der Waals surface area contributed by atoms with Crippen LogP contribution in [0.3, 0.4) is 0 Å². The summed E-state index contributed by atoms with van der Waals surface area (Å²) in [7, 11) is 0. The maximum atomic E-state index is 3.87. The van der Waals surface area contributed by atoms with Gasteiger partial charge in [-0.15, -0.1) is 0 Å². The molecule has 0 spiro atoms. The number of rotatable bonds is 3. The molecule has 0 aliphatic carbocycles. The Labute approximate surface area is 83.1 Å². The fourth-order valence-corrected chi connectivity index (χ4v) is 1.96. The van der Waals surface area contributed by atoms with Gasteiger partial charge in [-0.05, 0) is 6.42 Å². The third-order valence-electron chi connectivity index (χ3n) is 2.32. The van der Waals surface area contributed by atoms with Crippen molar-refractivity contribution in [3.63, 3.8) is 0 Å². The van der Waals surface area contributed by atoms with Crippen LogP contribution >= 0.6 is 15.9 Å². The molecule has 0 aromatic heterocycles. The average Bonchev–Trinajstić information content (AvgIpc) is 2.04. The summed E-state index contributed by atoms with van der Waals surface area (Å²) in [6, 6.07) is 0.688. The van der Waals surface area contributed by atoms with E-state index in [1.807, 2.05) is 0 Å². The van der Waals surface area contributed by atoms with Gasteiger partial charge in [0.05, 0.1) is 0 Å². The minimum absolute atomic E-state index is 0.688. The minimum atomic E-state index is 0.688. The summed E-state index contributed by atoms with van der Waals surface area (Å²) in [6.07, 6.45) is 1.22. The van der Waals surface area contributed by atoms with Crippen molar-refractivity contribution in [2.45, 2.75) is 19.4 Å². The second-order valence-corrected chi connectivity index (χ2v) is 4.38. The lowest BCUT2D eigenvalue weighted by Crippen LogP contribution is -2.51. The molecule has 3 heteroatoms. The van der Waals surface area contributed by atoms with E-state index in [0.29, 0.717) is 6.04 Å². The predicted molar refractivity (Wildman–Crippen MR) is 56.6 cm³/mol. The zero-order valence-corrected chi connectivity index (χ0v) is 9.23. The highest BCUT2D eigenvalue weighted by Crippen LogP contribution is 2.11. The van der Waals surface area contributed by atoms with E-state index in [1.54, 1.807) is 0 Å². The molecule has 1 fully saturated rings. The van der Waals surface area contributed by atoms with E-state index in [4.69, 9.17) is 0 Å². The van der Waals surface area contributed by atoms with Gasteiger partial charge in [0, 0.05) is 36.7 Å². The van der Waals surface area contributed by atoms with E-state index in [-0.39, 0.29) is 0 Å². The molecule has 1 unspecified atom stereocenters. The van der Waals surface area contributed by atoms with Gasteiger partial charge in [-0.2, -0.15) is 0 Å². The van der Waals surface area contributed by atoms with Crippen LogP contribution in [0.2, 0.25) is 0 Å². The summed E-state index contributed by atoms with van der Waals surface area (Å²) in [6.45, 7) is 10.5. The van der Waals surface area contributed by atoms with Crippen molar-refractivity contribution in [3.05, 3.63) is 11.1 Å². The van der Waals surface area contributed by atoms with Crippen LogP contribution in [0, 0.1) is 0 Å². The van der Waals surface area contributed by atoms with Crippen molar-refractivity contribution in [1.82, 2.24) is 10.2 Å². The Hall–Kier alpha value is 0.140. The molecule has 0 bridgehead atoms. The van der Waals surface area contributed by atoms with E-state index in [1.165, 1.54) is 6.42 Å². The van der Waals surface area contributed by atoms with Crippen LogP contribution in [-0.2, 0) is 0 Å². The predicted octanol–water partition coefficient (Wildman–Crippen LogP) is 1.58. The monoisotopic (exact) mass is 232 g/mol. The summed E-state index contributed by atoms with van der Waals surface area (Å²) in [4.78, 5) is 2.48. The van der Waals surface area contributed by atoms with Crippen molar-refractivity contribution < 1.29 is 0 Å². The summed E-state index contributed by atoms with van der Waals surface area (Å²) >= 11 is 3.41. The van der Waals surface area contributed by atoms with Gasteiger partial charge < -0.3 is 5.32 Å². The van der Waals surface area contributed by atoms with Crippen LogP contribution in [0.1, 0.15) is 13.3 Å². The van der Waals surface area contributed by atoms with Crippen molar-refractivity contribution in [2.75, 3.05) is 26.2 Å². The van der Waals surface area contributed by atoms with E-state index < -0.39 is 0 Å². The molecule has 70 valence electrons. The molecule has 0 saturated carbocycles. The molecule has 1 N–H and O–H groups in total. The van der Waals surface area contributed by atoms with E-state index in [0.717, 1.165) is 30.7 Å². The molecule has 1 aliphatic heterocycles. The van der Waals surface area contributed by atoms with Gasteiger partial charge in [-0.3, -0.25) is 4.90 Å². The molecule has 0 aromatic rings. The normalized spacial score (nSPS) is 25.7. The van der Waals surface area contributed by atoms with Crippen molar-refractivity contribution in [2.24, 2.45) is 0 Å². The topological polar surface area (TPSA) is 15.3 Å². The zero-order valence-electron chi connectivity index (χ0n) is 7.65. The van der Waals surface area contributed by atoms with Crippen LogP contribution in [0.25, 0.3) is 0 Å². The molecule has 0 radical (unpaired) electrons. The second kappa shape index (κ2) is 5.00. The fraction of sp³-hybridized carbons (Fsp3) is 0.778. The number of halogens is 1. The first-order chi connectivity index (χ1) is 5.74. The van der Waals surface area contributed by atoms with Crippen LogP contribution < -0.4 is 5.32 Å². The molecular weight excluding hydrogens is 216 g/mol. The van der Waals surface area contributed by atoms with Crippen molar-refractivity contribution in [1.29, 1.82) is 0 Å². The first-order valence-electron chi connectivity index (χ1n) is 4.52.